The molecule has 1 amide bonds. The van der Waals surface area contributed by atoms with Crippen LogP contribution in [-0.4, -0.2) is 19.6 Å². The largest absolute Gasteiger partial charge is 0.497 e. The summed E-state index contributed by atoms with van der Waals surface area (Å²) in [5, 5.41) is 2.96. The van der Waals surface area contributed by atoms with Crippen LogP contribution in [0.2, 0.25) is 0 Å². The summed E-state index contributed by atoms with van der Waals surface area (Å²) in [5.41, 5.74) is 0.994. The number of nitrogens with one attached hydrogen (secondary N) is 1. The number of ether oxygens (including phenoxy) is 2. The van der Waals surface area contributed by atoms with E-state index in [-0.39, 0.29) is 24.3 Å². The molecule has 0 unspecified atom stereocenters. The first-order chi connectivity index (χ1) is 12.0. The van der Waals surface area contributed by atoms with Crippen molar-refractivity contribution in [2.75, 3.05) is 13.7 Å². The van der Waals surface area contributed by atoms with E-state index in [0.29, 0.717) is 5.92 Å². The number of carbonyl (C=O) groups is 1. The number of carbonyl (C=O) groups excluding carboxylic acids is 1. The molecular weight excluding hydrogens is 321 g/mol. The first-order valence-electron chi connectivity index (χ1n) is 8.30. The van der Waals surface area contributed by atoms with E-state index in [9.17, 15) is 9.18 Å². The maximum Gasteiger partial charge on any atom is 0.258 e. The number of amides is 1. The van der Waals surface area contributed by atoms with Crippen LogP contribution in [-0.2, 0) is 4.79 Å². The van der Waals surface area contributed by atoms with Crippen molar-refractivity contribution in [3.63, 3.8) is 0 Å². The Morgan fingerprint density at radius 3 is 2.40 bits per heavy atom. The summed E-state index contributed by atoms with van der Waals surface area (Å²) in [6.07, 6.45) is 0.789. The maximum atomic E-state index is 13.5. The Balaban J connectivity index is 2.00. The molecule has 2 aromatic carbocycles. The number of para-hydroxylation sites is 1. The van der Waals surface area contributed by atoms with Gasteiger partial charge in [0.2, 0.25) is 0 Å². The molecule has 0 spiro atoms. The minimum atomic E-state index is -0.482. The molecule has 2 rings (SSSR count). The summed E-state index contributed by atoms with van der Waals surface area (Å²) in [4.78, 5) is 12.2. The summed E-state index contributed by atoms with van der Waals surface area (Å²) in [6, 6.07) is 13.5. The van der Waals surface area contributed by atoms with Crippen LogP contribution in [0.25, 0.3) is 0 Å². The van der Waals surface area contributed by atoms with Gasteiger partial charge in [0, 0.05) is 0 Å². The average molecular weight is 345 g/mol. The summed E-state index contributed by atoms with van der Waals surface area (Å²) in [6.45, 7) is 3.96. The number of hydrogen-bond donors (Lipinski definition) is 1. The molecular formula is C20H24FNO3. The van der Waals surface area contributed by atoms with E-state index in [2.05, 4.69) is 19.2 Å². The first kappa shape index (κ1) is 18.8. The second-order valence-corrected chi connectivity index (χ2v) is 6.24. The number of methoxy groups -OCH3 is 1. The van der Waals surface area contributed by atoms with Crippen LogP contribution < -0.4 is 14.8 Å². The predicted octanol–water partition coefficient (Wildman–Crippen LogP) is 4.12. The topological polar surface area (TPSA) is 47.6 Å². The molecule has 134 valence electrons. The molecule has 0 radical (unpaired) electrons. The molecule has 2 aromatic rings. The van der Waals surface area contributed by atoms with Crippen molar-refractivity contribution in [2.45, 2.75) is 26.3 Å². The third kappa shape index (κ3) is 5.78. The minimum absolute atomic E-state index is 0.0718. The molecule has 4 nitrogen and oxygen atoms in total. The summed E-state index contributed by atoms with van der Waals surface area (Å²) >= 11 is 0. The van der Waals surface area contributed by atoms with Gasteiger partial charge in [0.1, 0.15) is 5.75 Å². The van der Waals surface area contributed by atoms with Crippen LogP contribution in [0, 0.1) is 11.7 Å². The molecule has 0 aliphatic carbocycles. The van der Waals surface area contributed by atoms with Crippen LogP contribution in [0.15, 0.2) is 48.5 Å². The van der Waals surface area contributed by atoms with Gasteiger partial charge in [-0.2, -0.15) is 0 Å². The molecule has 0 bridgehead atoms. The number of halogens is 1. The Bertz CT molecular complexity index is 686. The van der Waals surface area contributed by atoms with E-state index < -0.39 is 5.82 Å². The number of rotatable bonds is 8. The van der Waals surface area contributed by atoms with Crippen LogP contribution in [0.3, 0.4) is 0 Å². The van der Waals surface area contributed by atoms with E-state index in [1.165, 1.54) is 12.1 Å². The highest BCUT2D eigenvalue weighted by molar-refractivity contribution is 5.78. The van der Waals surface area contributed by atoms with Gasteiger partial charge in [-0.25, -0.2) is 4.39 Å². The molecule has 0 saturated heterocycles. The fraction of sp³-hybridized carbons (Fsp3) is 0.350. The average Bonchev–Trinajstić information content (AvgIpc) is 2.60. The molecule has 5 heteroatoms. The van der Waals surface area contributed by atoms with E-state index in [0.717, 1.165) is 17.7 Å². The zero-order chi connectivity index (χ0) is 18.2. The highest BCUT2D eigenvalue weighted by Gasteiger charge is 2.17. The monoisotopic (exact) mass is 345 g/mol. The van der Waals surface area contributed by atoms with E-state index in [1.54, 1.807) is 19.2 Å². The van der Waals surface area contributed by atoms with Crippen molar-refractivity contribution in [3.05, 3.63) is 59.9 Å². The van der Waals surface area contributed by atoms with Gasteiger partial charge in [0.15, 0.2) is 18.2 Å². The van der Waals surface area contributed by atoms with Gasteiger partial charge < -0.3 is 14.8 Å². The SMILES string of the molecule is COc1ccc([C@@H](CC(C)C)NC(=O)COc2ccccc2F)cc1. The molecule has 0 fully saturated rings. The van der Waals surface area contributed by atoms with Crippen LogP contribution in [0.1, 0.15) is 31.9 Å². The van der Waals surface area contributed by atoms with E-state index in [4.69, 9.17) is 9.47 Å². The van der Waals surface area contributed by atoms with Gasteiger partial charge in [-0.3, -0.25) is 4.79 Å². The standard InChI is InChI=1S/C20H24FNO3/c1-14(2)12-18(15-8-10-16(24-3)11-9-15)22-20(23)13-25-19-7-5-4-6-17(19)21/h4-11,14,18H,12-13H2,1-3H3,(H,22,23)/t18-/m1/s1. The lowest BCUT2D eigenvalue weighted by Crippen LogP contribution is -2.33. The molecule has 25 heavy (non-hydrogen) atoms. The summed E-state index contributed by atoms with van der Waals surface area (Å²) < 4.78 is 24.0. The Labute approximate surface area is 148 Å². The molecule has 1 N–H and O–H groups in total. The third-order valence-electron chi connectivity index (χ3n) is 3.76. The fourth-order valence-corrected chi connectivity index (χ4v) is 2.53. The molecule has 0 aliphatic heterocycles. The van der Waals surface area contributed by atoms with Crippen molar-refractivity contribution in [1.82, 2.24) is 5.32 Å². The van der Waals surface area contributed by atoms with Crippen molar-refractivity contribution >= 4 is 5.91 Å². The second kappa shape index (κ2) is 9.06. The Morgan fingerprint density at radius 1 is 1.12 bits per heavy atom. The second-order valence-electron chi connectivity index (χ2n) is 6.24. The lowest BCUT2D eigenvalue weighted by atomic mass is 9.97. The van der Waals surface area contributed by atoms with Crippen LogP contribution in [0.4, 0.5) is 4.39 Å². The van der Waals surface area contributed by atoms with Crippen molar-refractivity contribution in [1.29, 1.82) is 0 Å². The maximum absolute atomic E-state index is 13.5. The highest BCUT2D eigenvalue weighted by Crippen LogP contribution is 2.23. The summed E-state index contributed by atoms with van der Waals surface area (Å²) in [5.74, 6) is 0.470. The van der Waals surface area contributed by atoms with E-state index >= 15 is 0 Å². The Kier molecular flexibility index (Phi) is 6.81. The molecule has 1 atom stereocenters. The fourth-order valence-electron chi connectivity index (χ4n) is 2.53. The van der Waals surface area contributed by atoms with Gasteiger partial charge >= 0.3 is 0 Å². The quantitative estimate of drug-likeness (QED) is 0.783. The van der Waals surface area contributed by atoms with Crippen molar-refractivity contribution in [2.24, 2.45) is 5.92 Å². The number of benzene rings is 2. The lowest BCUT2D eigenvalue weighted by molar-refractivity contribution is -0.124. The molecule has 0 saturated carbocycles. The normalized spacial score (nSPS) is 11.9. The molecule has 0 heterocycles. The smallest absolute Gasteiger partial charge is 0.258 e. The van der Waals surface area contributed by atoms with Crippen LogP contribution in [0.5, 0.6) is 11.5 Å². The van der Waals surface area contributed by atoms with Gasteiger partial charge in [0.05, 0.1) is 13.2 Å². The van der Waals surface area contributed by atoms with Gasteiger partial charge in [-0.1, -0.05) is 38.1 Å². The van der Waals surface area contributed by atoms with Gasteiger partial charge in [0.25, 0.3) is 5.91 Å². The lowest BCUT2D eigenvalue weighted by Gasteiger charge is -2.21. The highest BCUT2D eigenvalue weighted by atomic mass is 19.1. The van der Waals surface area contributed by atoms with Gasteiger partial charge in [-0.05, 0) is 42.2 Å². The molecule has 0 aliphatic rings. The third-order valence-corrected chi connectivity index (χ3v) is 3.76. The Morgan fingerprint density at radius 2 is 1.80 bits per heavy atom. The van der Waals surface area contributed by atoms with Crippen molar-refractivity contribution < 1.29 is 18.7 Å². The predicted molar refractivity (Wildman–Crippen MR) is 95.2 cm³/mol. The first-order valence-corrected chi connectivity index (χ1v) is 8.30. The van der Waals surface area contributed by atoms with Crippen molar-refractivity contribution in [3.8, 4) is 11.5 Å². The summed E-state index contributed by atoms with van der Waals surface area (Å²) in [7, 11) is 1.61. The van der Waals surface area contributed by atoms with Gasteiger partial charge in [-0.15, -0.1) is 0 Å². The Hall–Kier alpha value is -2.56. The zero-order valence-corrected chi connectivity index (χ0v) is 14.8. The van der Waals surface area contributed by atoms with Crippen LogP contribution >= 0.6 is 0 Å². The number of hydrogen-bond acceptors (Lipinski definition) is 3. The minimum Gasteiger partial charge on any atom is -0.497 e. The molecule has 0 aromatic heterocycles. The zero-order valence-electron chi connectivity index (χ0n) is 14.8. The van der Waals surface area contributed by atoms with E-state index in [1.807, 2.05) is 24.3 Å².